The minimum atomic E-state index is 0.665. The van der Waals surface area contributed by atoms with E-state index < -0.39 is 0 Å². The zero-order chi connectivity index (χ0) is 11.1. The standard InChI is InChI=1S/C15H22/c1-4-14(12-8-9-13(2)3)15-10-6-5-7-11-15/h5-11,13-14H,4,12H2,1-3H3. The Morgan fingerprint density at radius 3 is 2.33 bits per heavy atom. The molecule has 0 saturated carbocycles. The van der Waals surface area contributed by atoms with Gasteiger partial charge in [-0.05, 0) is 30.2 Å². The van der Waals surface area contributed by atoms with Crippen molar-refractivity contribution < 1.29 is 0 Å². The summed E-state index contributed by atoms with van der Waals surface area (Å²) in [6, 6.07) is 10.8. The first-order valence-electron chi connectivity index (χ1n) is 5.95. The lowest BCUT2D eigenvalue weighted by atomic mass is 9.93. The minimum Gasteiger partial charge on any atom is -0.0877 e. The highest BCUT2D eigenvalue weighted by Crippen LogP contribution is 2.23. The maximum absolute atomic E-state index is 2.33. The third-order valence-corrected chi connectivity index (χ3v) is 2.71. The van der Waals surface area contributed by atoms with Crippen molar-refractivity contribution >= 4 is 0 Å². The molecule has 0 aliphatic carbocycles. The summed E-state index contributed by atoms with van der Waals surface area (Å²) in [5, 5.41) is 0. The molecule has 0 heteroatoms. The molecule has 0 fully saturated rings. The molecule has 0 saturated heterocycles. The lowest BCUT2D eigenvalue weighted by Crippen LogP contribution is -1.95. The third kappa shape index (κ3) is 4.33. The molecule has 1 unspecified atom stereocenters. The van der Waals surface area contributed by atoms with Crippen LogP contribution in [0.25, 0.3) is 0 Å². The molecule has 0 spiro atoms. The van der Waals surface area contributed by atoms with Crippen molar-refractivity contribution in [2.75, 3.05) is 0 Å². The van der Waals surface area contributed by atoms with E-state index in [1.165, 1.54) is 18.4 Å². The summed E-state index contributed by atoms with van der Waals surface area (Å²) in [7, 11) is 0. The van der Waals surface area contributed by atoms with Crippen LogP contribution in [-0.2, 0) is 0 Å². The van der Waals surface area contributed by atoms with E-state index in [0.717, 1.165) is 0 Å². The van der Waals surface area contributed by atoms with Gasteiger partial charge in [0.1, 0.15) is 0 Å². The smallest absolute Gasteiger partial charge is 0.0130 e. The number of hydrogen-bond donors (Lipinski definition) is 0. The molecule has 1 atom stereocenters. The summed E-state index contributed by atoms with van der Waals surface area (Å²) < 4.78 is 0. The molecule has 0 aliphatic heterocycles. The summed E-state index contributed by atoms with van der Waals surface area (Å²) in [5.74, 6) is 1.35. The Labute approximate surface area is 94.0 Å². The number of allylic oxidation sites excluding steroid dienone is 2. The maximum atomic E-state index is 2.33. The predicted molar refractivity (Wildman–Crippen MR) is 68.1 cm³/mol. The van der Waals surface area contributed by atoms with E-state index in [9.17, 15) is 0 Å². The minimum absolute atomic E-state index is 0.665. The van der Waals surface area contributed by atoms with Crippen LogP contribution in [0.3, 0.4) is 0 Å². The summed E-state index contributed by atoms with van der Waals surface area (Å²) in [6.45, 7) is 6.71. The van der Waals surface area contributed by atoms with Gasteiger partial charge in [-0.25, -0.2) is 0 Å². The van der Waals surface area contributed by atoms with Gasteiger partial charge in [-0.3, -0.25) is 0 Å². The Bertz CT molecular complexity index is 282. The highest BCUT2D eigenvalue weighted by atomic mass is 14.1. The molecule has 0 amide bonds. The normalized spacial score (nSPS) is 13.6. The van der Waals surface area contributed by atoms with Gasteiger partial charge in [-0.1, -0.05) is 63.3 Å². The summed E-state index contributed by atoms with van der Waals surface area (Å²) in [4.78, 5) is 0. The molecule has 0 aliphatic rings. The second-order valence-electron chi connectivity index (χ2n) is 4.42. The van der Waals surface area contributed by atoms with Gasteiger partial charge in [0.25, 0.3) is 0 Å². The van der Waals surface area contributed by atoms with E-state index >= 15 is 0 Å². The van der Waals surface area contributed by atoms with Crippen molar-refractivity contribution in [2.24, 2.45) is 5.92 Å². The average molecular weight is 202 g/mol. The summed E-state index contributed by atoms with van der Waals surface area (Å²) in [6.07, 6.45) is 7.00. The van der Waals surface area contributed by atoms with Crippen molar-refractivity contribution in [3.8, 4) is 0 Å². The highest BCUT2D eigenvalue weighted by Gasteiger charge is 2.05. The molecular weight excluding hydrogens is 180 g/mol. The van der Waals surface area contributed by atoms with Gasteiger partial charge in [-0.15, -0.1) is 0 Å². The summed E-state index contributed by atoms with van der Waals surface area (Å²) in [5.41, 5.74) is 1.47. The predicted octanol–water partition coefficient (Wildman–Crippen LogP) is 4.78. The molecule has 82 valence electrons. The topological polar surface area (TPSA) is 0 Å². The highest BCUT2D eigenvalue weighted by molar-refractivity contribution is 5.20. The Kier molecular flexibility index (Phi) is 5.17. The molecule has 1 rings (SSSR count). The Morgan fingerprint density at radius 2 is 1.80 bits per heavy atom. The van der Waals surface area contributed by atoms with Gasteiger partial charge >= 0.3 is 0 Å². The van der Waals surface area contributed by atoms with Gasteiger partial charge in [0.2, 0.25) is 0 Å². The van der Waals surface area contributed by atoms with Gasteiger partial charge in [-0.2, -0.15) is 0 Å². The molecule has 15 heavy (non-hydrogen) atoms. The molecule has 1 aromatic carbocycles. The zero-order valence-corrected chi connectivity index (χ0v) is 10.1. The Morgan fingerprint density at radius 1 is 1.13 bits per heavy atom. The van der Waals surface area contributed by atoms with Crippen molar-refractivity contribution in [1.82, 2.24) is 0 Å². The molecule has 0 radical (unpaired) electrons. The SMILES string of the molecule is CCC(CC=CC(C)C)c1ccccc1. The van der Waals surface area contributed by atoms with Gasteiger partial charge in [0.15, 0.2) is 0 Å². The lowest BCUT2D eigenvalue weighted by molar-refractivity contribution is 0.670. The van der Waals surface area contributed by atoms with E-state index in [-0.39, 0.29) is 0 Å². The van der Waals surface area contributed by atoms with Crippen LogP contribution in [0.5, 0.6) is 0 Å². The van der Waals surface area contributed by atoms with Crippen LogP contribution >= 0.6 is 0 Å². The fourth-order valence-corrected chi connectivity index (χ4v) is 1.78. The van der Waals surface area contributed by atoms with E-state index in [1.54, 1.807) is 0 Å². The fraction of sp³-hybridized carbons (Fsp3) is 0.467. The number of rotatable bonds is 5. The van der Waals surface area contributed by atoms with E-state index in [4.69, 9.17) is 0 Å². The van der Waals surface area contributed by atoms with Gasteiger partial charge < -0.3 is 0 Å². The Hall–Kier alpha value is -1.04. The Balaban J connectivity index is 2.57. The third-order valence-electron chi connectivity index (χ3n) is 2.71. The van der Waals surface area contributed by atoms with Crippen LogP contribution in [0.4, 0.5) is 0 Å². The van der Waals surface area contributed by atoms with Gasteiger partial charge in [0, 0.05) is 0 Å². The van der Waals surface area contributed by atoms with Crippen molar-refractivity contribution in [1.29, 1.82) is 0 Å². The molecule has 0 aromatic heterocycles. The quantitative estimate of drug-likeness (QED) is 0.603. The molecule has 0 N–H and O–H groups in total. The van der Waals surface area contributed by atoms with Crippen LogP contribution < -0.4 is 0 Å². The monoisotopic (exact) mass is 202 g/mol. The molecule has 0 nitrogen and oxygen atoms in total. The second kappa shape index (κ2) is 6.44. The average Bonchev–Trinajstić information content (AvgIpc) is 2.25. The van der Waals surface area contributed by atoms with Crippen molar-refractivity contribution in [3.05, 3.63) is 48.0 Å². The first-order chi connectivity index (χ1) is 7.24. The van der Waals surface area contributed by atoms with E-state index in [1.807, 2.05) is 0 Å². The first kappa shape index (κ1) is 12.0. The molecule has 0 heterocycles. The second-order valence-corrected chi connectivity index (χ2v) is 4.42. The van der Waals surface area contributed by atoms with Crippen LogP contribution in [0.2, 0.25) is 0 Å². The lowest BCUT2D eigenvalue weighted by Gasteiger charge is -2.12. The molecular formula is C15H22. The molecule has 1 aromatic rings. The van der Waals surface area contributed by atoms with Crippen LogP contribution in [0.15, 0.2) is 42.5 Å². The van der Waals surface area contributed by atoms with Gasteiger partial charge in [0.05, 0.1) is 0 Å². The van der Waals surface area contributed by atoms with Crippen molar-refractivity contribution in [2.45, 2.75) is 39.5 Å². The zero-order valence-electron chi connectivity index (χ0n) is 10.1. The van der Waals surface area contributed by atoms with Crippen LogP contribution in [-0.4, -0.2) is 0 Å². The van der Waals surface area contributed by atoms with Crippen molar-refractivity contribution in [3.63, 3.8) is 0 Å². The number of benzene rings is 1. The number of hydrogen-bond acceptors (Lipinski definition) is 0. The first-order valence-corrected chi connectivity index (χ1v) is 5.95. The summed E-state index contributed by atoms with van der Waals surface area (Å²) >= 11 is 0. The van der Waals surface area contributed by atoms with Crippen LogP contribution in [0, 0.1) is 5.92 Å². The molecule has 0 bridgehead atoms. The largest absolute Gasteiger partial charge is 0.0877 e. The fourth-order valence-electron chi connectivity index (χ4n) is 1.78. The van der Waals surface area contributed by atoms with E-state index in [0.29, 0.717) is 11.8 Å². The maximum Gasteiger partial charge on any atom is -0.0130 e. The van der Waals surface area contributed by atoms with E-state index in [2.05, 4.69) is 63.3 Å². The van der Waals surface area contributed by atoms with Crippen LogP contribution in [0.1, 0.15) is 45.1 Å².